The van der Waals surface area contributed by atoms with Crippen molar-refractivity contribution >= 4 is 6.03 Å². The lowest BCUT2D eigenvalue weighted by Gasteiger charge is -2.25. The van der Waals surface area contributed by atoms with Crippen LogP contribution in [0.2, 0.25) is 0 Å². The molecule has 2 atom stereocenters. The molecule has 0 aromatic heterocycles. The number of carbonyl (C=O) groups excluding carboxylic acids is 1. The summed E-state index contributed by atoms with van der Waals surface area (Å²) in [5.74, 6) is 1.12. The first-order valence-electron chi connectivity index (χ1n) is 7.13. The Balaban J connectivity index is 1.73. The monoisotopic (exact) mass is 276 g/mol. The number of aliphatic hydroxyl groups is 1. The van der Waals surface area contributed by atoms with E-state index in [0.717, 1.165) is 6.42 Å². The lowest BCUT2D eigenvalue weighted by molar-refractivity contribution is 0.0532. The van der Waals surface area contributed by atoms with Gasteiger partial charge in [-0.15, -0.1) is 0 Å². The summed E-state index contributed by atoms with van der Waals surface area (Å²) >= 11 is 0. The molecule has 0 saturated heterocycles. The van der Waals surface area contributed by atoms with E-state index in [4.69, 9.17) is 0 Å². The van der Waals surface area contributed by atoms with Gasteiger partial charge in [-0.05, 0) is 37.7 Å². The topological polar surface area (TPSA) is 52.6 Å². The first-order chi connectivity index (χ1) is 9.37. The summed E-state index contributed by atoms with van der Waals surface area (Å²) in [6.07, 6.45) is 1.14. The van der Waals surface area contributed by atoms with E-state index in [-0.39, 0.29) is 6.03 Å². The zero-order valence-electron chi connectivity index (χ0n) is 12.5. The average Bonchev–Trinajstić information content (AvgIpc) is 3.14. The fraction of sp³-hybridized carbons (Fsp3) is 0.562. The quantitative estimate of drug-likeness (QED) is 0.866. The fourth-order valence-corrected chi connectivity index (χ4v) is 2.59. The Kier molecular flexibility index (Phi) is 4.33. The van der Waals surface area contributed by atoms with Gasteiger partial charge in [0.25, 0.3) is 0 Å². The van der Waals surface area contributed by atoms with Crippen molar-refractivity contribution in [1.29, 1.82) is 0 Å². The Morgan fingerprint density at radius 2 is 2.05 bits per heavy atom. The van der Waals surface area contributed by atoms with E-state index in [1.165, 1.54) is 10.5 Å². The van der Waals surface area contributed by atoms with E-state index < -0.39 is 5.60 Å². The molecular weight excluding hydrogens is 252 g/mol. The SMILES string of the molecule is CN(CC(C)(C)O)C(=O)NCC1CC1c1ccccc1. The predicted molar refractivity (Wildman–Crippen MR) is 79.6 cm³/mol. The van der Waals surface area contributed by atoms with Gasteiger partial charge in [-0.25, -0.2) is 4.79 Å². The number of amides is 2. The van der Waals surface area contributed by atoms with Crippen LogP contribution in [0.4, 0.5) is 4.79 Å². The second-order valence-corrected chi connectivity index (χ2v) is 6.37. The molecular formula is C16H24N2O2. The molecule has 2 unspecified atom stereocenters. The molecule has 0 bridgehead atoms. The van der Waals surface area contributed by atoms with Crippen molar-refractivity contribution in [2.75, 3.05) is 20.1 Å². The van der Waals surface area contributed by atoms with Crippen molar-refractivity contribution < 1.29 is 9.90 Å². The molecule has 1 fully saturated rings. The Bertz CT molecular complexity index is 453. The first kappa shape index (κ1) is 14.9. The van der Waals surface area contributed by atoms with E-state index in [9.17, 15) is 9.90 Å². The first-order valence-corrected chi connectivity index (χ1v) is 7.13. The molecule has 4 nitrogen and oxygen atoms in total. The van der Waals surface area contributed by atoms with Crippen LogP contribution in [0.3, 0.4) is 0 Å². The van der Waals surface area contributed by atoms with E-state index in [1.807, 2.05) is 6.07 Å². The van der Waals surface area contributed by atoms with Gasteiger partial charge in [-0.3, -0.25) is 0 Å². The Morgan fingerprint density at radius 3 is 2.65 bits per heavy atom. The van der Waals surface area contributed by atoms with Crippen LogP contribution in [0.25, 0.3) is 0 Å². The largest absolute Gasteiger partial charge is 0.389 e. The van der Waals surface area contributed by atoms with Gasteiger partial charge in [-0.2, -0.15) is 0 Å². The molecule has 0 spiro atoms. The van der Waals surface area contributed by atoms with Crippen molar-refractivity contribution in [3.8, 4) is 0 Å². The number of urea groups is 1. The highest BCUT2D eigenvalue weighted by Gasteiger charge is 2.38. The van der Waals surface area contributed by atoms with Crippen LogP contribution < -0.4 is 5.32 Å². The molecule has 1 aromatic carbocycles. The van der Waals surface area contributed by atoms with Gasteiger partial charge >= 0.3 is 6.03 Å². The summed E-state index contributed by atoms with van der Waals surface area (Å²) in [5, 5.41) is 12.6. The summed E-state index contributed by atoms with van der Waals surface area (Å²) in [5.41, 5.74) is 0.495. The van der Waals surface area contributed by atoms with Crippen LogP contribution in [0.1, 0.15) is 31.7 Å². The number of hydrogen-bond acceptors (Lipinski definition) is 2. The van der Waals surface area contributed by atoms with Gasteiger partial charge in [0.15, 0.2) is 0 Å². The second kappa shape index (κ2) is 5.83. The Labute approximate surface area is 120 Å². The molecule has 2 amide bonds. The van der Waals surface area contributed by atoms with Crippen molar-refractivity contribution in [3.05, 3.63) is 35.9 Å². The van der Waals surface area contributed by atoms with Gasteiger partial charge in [0.1, 0.15) is 0 Å². The van der Waals surface area contributed by atoms with E-state index >= 15 is 0 Å². The highest BCUT2D eigenvalue weighted by atomic mass is 16.3. The molecule has 2 N–H and O–H groups in total. The lowest BCUT2D eigenvalue weighted by atomic mass is 10.1. The van der Waals surface area contributed by atoms with Crippen LogP contribution in [0.5, 0.6) is 0 Å². The maximum atomic E-state index is 11.9. The van der Waals surface area contributed by atoms with Gasteiger partial charge in [0.2, 0.25) is 0 Å². The van der Waals surface area contributed by atoms with Crippen molar-refractivity contribution in [2.45, 2.75) is 31.8 Å². The molecule has 20 heavy (non-hydrogen) atoms. The predicted octanol–water partition coefficient (Wildman–Crippen LogP) is 2.20. The summed E-state index contributed by atoms with van der Waals surface area (Å²) in [6.45, 7) is 4.42. The highest BCUT2D eigenvalue weighted by Crippen LogP contribution is 2.46. The highest BCUT2D eigenvalue weighted by molar-refractivity contribution is 5.74. The molecule has 1 saturated carbocycles. The number of rotatable bonds is 5. The molecule has 1 aliphatic rings. The van der Waals surface area contributed by atoms with Crippen LogP contribution >= 0.6 is 0 Å². The van der Waals surface area contributed by atoms with Crippen LogP contribution in [0, 0.1) is 5.92 Å². The van der Waals surface area contributed by atoms with Gasteiger partial charge in [0.05, 0.1) is 12.1 Å². The summed E-state index contributed by atoms with van der Waals surface area (Å²) in [6, 6.07) is 10.3. The average molecular weight is 276 g/mol. The molecule has 0 radical (unpaired) electrons. The summed E-state index contributed by atoms with van der Waals surface area (Å²) in [4.78, 5) is 13.4. The molecule has 0 aliphatic heterocycles. The van der Waals surface area contributed by atoms with Crippen molar-refractivity contribution in [2.24, 2.45) is 5.92 Å². The Morgan fingerprint density at radius 1 is 1.40 bits per heavy atom. The summed E-state index contributed by atoms with van der Waals surface area (Å²) in [7, 11) is 1.70. The van der Waals surface area contributed by atoms with E-state index in [1.54, 1.807) is 20.9 Å². The number of likely N-dealkylation sites (N-methyl/N-ethyl adjacent to an activating group) is 1. The zero-order valence-corrected chi connectivity index (χ0v) is 12.5. The van der Waals surface area contributed by atoms with Crippen LogP contribution in [-0.4, -0.2) is 41.8 Å². The number of carbonyl (C=O) groups is 1. The Hall–Kier alpha value is -1.55. The van der Waals surface area contributed by atoms with E-state index in [2.05, 4.69) is 29.6 Å². The standard InChI is InChI=1S/C16H24N2O2/c1-16(2,20)11-18(3)15(19)17-10-13-9-14(13)12-7-5-4-6-8-12/h4-8,13-14,20H,9-11H2,1-3H3,(H,17,19). The molecule has 1 aromatic rings. The third-order valence-corrected chi connectivity index (χ3v) is 3.64. The number of hydrogen-bond donors (Lipinski definition) is 2. The minimum Gasteiger partial charge on any atom is -0.389 e. The molecule has 4 heteroatoms. The van der Waals surface area contributed by atoms with Gasteiger partial charge in [-0.1, -0.05) is 30.3 Å². The molecule has 1 aliphatic carbocycles. The van der Waals surface area contributed by atoms with Gasteiger partial charge in [0, 0.05) is 13.6 Å². The zero-order chi connectivity index (χ0) is 14.8. The second-order valence-electron chi connectivity index (χ2n) is 6.37. The number of nitrogens with one attached hydrogen (secondary N) is 1. The normalized spacial score (nSPS) is 21.4. The van der Waals surface area contributed by atoms with Crippen molar-refractivity contribution in [3.63, 3.8) is 0 Å². The maximum absolute atomic E-state index is 11.9. The maximum Gasteiger partial charge on any atom is 0.317 e. The van der Waals surface area contributed by atoms with Gasteiger partial charge < -0.3 is 15.3 Å². The van der Waals surface area contributed by atoms with Crippen molar-refractivity contribution in [1.82, 2.24) is 10.2 Å². The van der Waals surface area contributed by atoms with Crippen LogP contribution in [-0.2, 0) is 0 Å². The van der Waals surface area contributed by atoms with Crippen LogP contribution in [0.15, 0.2) is 30.3 Å². The number of nitrogens with zero attached hydrogens (tertiary/aromatic N) is 1. The summed E-state index contributed by atoms with van der Waals surface area (Å²) < 4.78 is 0. The van der Waals surface area contributed by atoms with E-state index in [0.29, 0.717) is 24.9 Å². The molecule has 0 heterocycles. The molecule has 110 valence electrons. The molecule has 2 rings (SSSR count). The third kappa shape index (κ3) is 4.23. The lowest BCUT2D eigenvalue weighted by Crippen LogP contribution is -2.45. The minimum atomic E-state index is -0.863. The number of benzene rings is 1. The third-order valence-electron chi connectivity index (χ3n) is 3.64. The smallest absolute Gasteiger partial charge is 0.317 e. The fourth-order valence-electron chi connectivity index (χ4n) is 2.59. The minimum absolute atomic E-state index is 0.120.